The zero-order valence-electron chi connectivity index (χ0n) is 13.2. The molecular formula is C18H19NO3S. The lowest BCUT2D eigenvalue weighted by molar-refractivity contribution is -0.131. The Morgan fingerprint density at radius 1 is 1.13 bits per heavy atom. The van der Waals surface area contributed by atoms with Crippen molar-refractivity contribution in [2.75, 3.05) is 11.1 Å². The van der Waals surface area contributed by atoms with Gasteiger partial charge in [-0.2, -0.15) is 0 Å². The molecule has 0 saturated carbocycles. The third kappa shape index (κ3) is 6.16. The molecule has 0 aliphatic carbocycles. The zero-order chi connectivity index (χ0) is 16.7. The van der Waals surface area contributed by atoms with E-state index < -0.39 is 0 Å². The van der Waals surface area contributed by atoms with Crippen molar-refractivity contribution in [1.29, 1.82) is 0 Å². The summed E-state index contributed by atoms with van der Waals surface area (Å²) in [6.07, 6.45) is 0. The fourth-order valence-corrected chi connectivity index (χ4v) is 2.77. The number of benzene rings is 2. The van der Waals surface area contributed by atoms with Crippen LogP contribution in [0, 0.1) is 6.92 Å². The first-order valence-electron chi connectivity index (χ1n) is 7.24. The van der Waals surface area contributed by atoms with Crippen molar-refractivity contribution < 1.29 is 14.3 Å². The van der Waals surface area contributed by atoms with E-state index in [1.807, 2.05) is 25.1 Å². The smallest absolute Gasteiger partial charge is 0.321 e. The number of hydrogen-bond donors (Lipinski definition) is 1. The fraction of sp³-hybridized carbons (Fsp3) is 0.222. The van der Waals surface area contributed by atoms with Crippen molar-refractivity contribution in [3.8, 4) is 5.75 Å². The molecule has 5 heteroatoms. The monoisotopic (exact) mass is 329 g/mol. The Morgan fingerprint density at radius 2 is 1.87 bits per heavy atom. The van der Waals surface area contributed by atoms with E-state index in [0.29, 0.717) is 17.2 Å². The van der Waals surface area contributed by atoms with Gasteiger partial charge in [-0.3, -0.25) is 9.59 Å². The molecule has 0 saturated heterocycles. The lowest BCUT2D eigenvalue weighted by Crippen LogP contribution is -2.11. The quantitative estimate of drug-likeness (QED) is 0.647. The highest BCUT2D eigenvalue weighted by Gasteiger charge is 2.06. The standard InChI is InChI=1S/C18H19NO3S/c1-13-4-3-5-15(10-13)11-23-12-18(21)22-17-8-6-16(7-9-17)19-14(2)20/h3-10H,11-12H2,1-2H3,(H,19,20). The molecule has 0 heterocycles. The van der Waals surface area contributed by atoms with Gasteiger partial charge in [0.1, 0.15) is 5.75 Å². The molecule has 4 nitrogen and oxygen atoms in total. The van der Waals surface area contributed by atoms with Crippen LogP contribution in [0.5, 0.6) is 5.75 Å². The van der Waals surface area contributed by atoms with Crippen LogP contribution >= 0.6 is 11.8 Å². The Labute approximate surface area is 140 Å². The van der Waals surface area contributed by atoms with Crippen LogP contribution < -0.4 is 10.1 Å². The third-order valence-corrected chi connectivity index (χ3v) is 3.95. The van der Waals surface area contributed by atoms with Gasteiger partial charge >= 0.3 is 5.97 Å². The van der Waals surface area contributed by atoms with E-state index in [4.69, 9.17) is 4.74 Å². The van der Waals surface area contributed by atoms with Crippen molar-refractivity contribution >= 4 is 29.3 Å². The Hall–Kier alpha value is -2.27. The predicted molar refractivity (Wildman–Crippen MR) is 93.7 cm³/mol. The maximum atomic E-state index is 11.8. The van der Waals surface area contributed by atoms with Crippen LogP contribution in [-0.2, 0) is 15.3 Å². The van der Waals surface area contributed by atoms with E-state index in [9.17, 15) is 9.59 Å². The Bertz CT molecular complexity index is 683. The van der Waals surface area contributed by atoms with Gasteiger partial charge in [-0.25, -0.2) is 0 Å². The highest BCUT2D eigenvalue weighted by atomic mass is 32.2. The molecule has 0 aliphatic heterocycles. The Kier molecular flexibility index (Phi) is 6.23. The van der Waals surface area contributed by atoms with Gasteiger partial charge in [0, 0.05) is 18.4 Å². The lowest BCUT2D eigenvalue weighted by atomic mass is 10.2. The molecule has 0 radical (unpaired) electrons. The number of ether oxygens (including phenoxy) is 1. The maximum Gasteiger partial charge on any atom is 0.321 e. The van der Waals surface area contributed by atoms with E-state index in [2.05, 4.69) is 11.4 Å². The van der Waals surface area contributed by atoms with Crippen LogP contribution in [0.25, 0.3) is 0 Å². The van der Waals surface area contributed by atoms with Crippen molar-refractivity contribution in [2.24, 2.45) is 0 Å². The topological polar surface area (TPSA) is 55.4 Å². The summed E-state index contributed by atoms with van der Waals surface area (Å²) >= 11 is 1.52. The van der Waals surface area contributed by atoms with Gasteiger partial charge in [-0.15, -0.1) is 11.8 Å². The molecule has 0 fully saturated rings. The van der Waals surface area contributed by atoms with E-state index in [1.165, 1.54) is 29.8 Å². The van der Waals surface area contributed by atoms with Crippen molar-refractivity contribution in [2.45, 2.75) is 19.6 Å². The minimum Gasteiger partial charge on any atom is -0.426 e. The molecule has 0 aliphatic rings. The van der Waals surface area contributed by atoms with Gasteiger partial charge in [-0.05, 0) is 36.8 Å². The van der Waals surface area contributed by atoms with Crippen molar-refractivity contribution in [3.63, 3.8) is 0 Å². The highest BCUT2D eigenvalue weighted by Crippen LogP contribution is 2.18. The molecule has 2 aromatic carbocycles. The molecule has 2 aromatic rings. The van der Waals surface area contributed by atoms with Crippen molar-refractivity contribution in [1.82, 2.24) is 0 Å². The number of anilines is 1. The van der Waals surface area contributed by atoms with Crippen LogP contribution in [0.1, 0.15) is 18.1 Å². The van der Waals surface area contributed by atoms with E-state index in [-0.39, 0.29) is 11.9 Å². The van der Waals surface area contributed by atoms with Crippen LogP contribution in [0.2, 0.25) is 0 Å². The first kappa shape index (κ1) is 17.1. The number of aryl methyl sites for hydroxylation is 1. The van der Waals surface area contributed by atoms with Gasteiger partial charge in [0.05, 0.1) is 5.75 Å². The molecule has 0 unspecified atom stereocenters. The molecule has 0 spiro atoms. The average Bonchev–Trinajstić information content (AvgIpc) is 2.49. The van der Waals surface area contributed by atoms with Gasteiger partial charge < -0.3 is 10.1 Å². The van der Waals surface area contributed by atoms with Crippen LogP contribution in [-0.4, -0.2) is 17.6 Å². The largest absolute Gasteiger partial charge is 0.426 e. The van der Waals surface area contributed by atoms with Crippen LogP contribution in [0.15, 0.2) is 48.5 Å². The number of hydrogen-bond acceptors (Lipinski definition) is 4. The second kappa shape index (κ2) is 8.39. The highest BCUT2D eigenvalue weighted by molar-refractivity contribution is 7.99. The maximum absolute atomic E-state index is 11.8. The predicted octanol–water partition coefficient (Wildman–Crippen LogP) is 3.79. The molecular weight excluding hydrogens is 310 g/mol. The molecule has 0 atom stereocenters. The number of carbonyl (C=O) groups is 2. The van der Waals surface area contributed by atoms with Crippen LogP contribution in [0.3, 0.4) is 0 Å². The molecule has 1 amide bonds. The first-order valence-corrected chi connectivity index (χ1v) is 8.40. The molecule has 0 aromatic heterocycles. The third-order valence-electron chi connectivity index (χ3n) is 2.98. The normalized spacial score (nSPS) is 10.2. The number of esters is 1. The average molecular weight is 329 g/mol. The first-order chi connectivity index (χ1) is 11.0. The van der Waals surface area contributed by atoms with Crippen LogP contribution in [0.4, 0.5) is 5.69 Å². The van der Waals surface area contributed by atoms with Gasteiger partial charge in [0.25, 0.3) is 0 Å². The summed E-state index contributed by atoms with van der Waals surface area (Å²) in [5.74, 6) is 1.12. The summed E-state index contributed by atoms with van der Waals surface area (Å²) < 4.78 is 5.26. The molecule has 23 heavy (non-hydrogen) atoms. The number of nitrogens with one attached hydrogen (secondary N) is 1. The number of rotatable bonds is 6. The van der Waals surface area contributed by atoms with Gasteiger partial charge in [0.2, 0.25) is 5.91 Å². The SMILES string of the molecule is CC(=O)Nc1ccc(OC(=O)CSCc2cccc(C)c2)cc1. The van der Waals surface area contributed by atoms with E-state index in [0.717, 1.165) is 5.75 Å². The summed E-state index contributed by atoms with van der Waals surface area (Å²) in [5.41, 5.74) is 3.08. The second-order valence-electron chi connectivity index (χ2n) is 5.16. The second-order valence-corrected chi connectivity index (χ2v) is 6.15. The molecule has 120 valence electrons. The lowest BCUT2D eigenvalue weighted by Gasteiger charge is -2.06. The molecule has 1 N–H and O–H groups in total. The van der Waals surface area contributed by atoms with Gasteiger partial charge in [0.15, 0.2) is 0 Å². The number of thioether (sulfide) groups is 1. The summed E-state index contributed by atoms with van der Waals surface area (Å²) in [5, 5.41) is 2.66. The molecule has 0 bridgehead atoms. The van der Waals surface area contributed by atoms with Gasteiger partial charge in [-0.1, -0.05) is 29.8 Å². The minimum absolute atomic E-state index is 0.137. The fourth-order valence-electron chi connectivity index (χ4n) is 2.02. The van der Waals surface area contributed by atoms with E-state index in [1.54, 1.807) is 24.3 Å². The summed E-state index contributed by atoms with van der Waals surface area (Å²) in [7, 11) is 0. The summed E-state index contributed by atoms with van der Waals surface area (Å²) in [6.45, 7) is 3.49. The summed E-state index contributed by atoms with van der Waals surface area (Å²) in [4.78, 5) is 22.8. The van der Waals surface area contributed by atoms with E-state index >= 15 is 0 Å². The Morgan fingerprint density at radius 3 is 2.52 bits per heavy atom. The van der Waals surface area contributed by atoms with Crippen molar-refractivity contribution in [3.05, 3.63) is 59.7 Å². The summed E-state index contributed by atoms with van der Waals surface area (Å²) in [6, 6.07) is 14.9. The number of amides is 1. The Balaban J connectivity index is 1.77. The molecule has 2 rings (SSSR count). The zero-order valence-corrected chi connectivity index (χ0v) is 14.0. The minimum atomic E-state index is -0.282. The number of carbonyl (C=O) groups excluding carboxylic acids is 2.